The third-order valence-electron chi connectivity index (χ3n) is 4.75. The first-order valence-electron chi connectivity index (χ1n) is 9.65. The lowest BCUT2D eigenvalue weighted by molar-refractivity contribution is 0.0672. The molecule has 0 saturated carbocycles. The SMILES string of the molecule is CC(C)N(Cc1nnc(-c2ccc(Cl)cc2)o1)C(=O)c1ccc(C(C)(C)C)cc1. The molecule has 5 nitrogen and oxygen atoms in total. The molecule has 1 heterocycles. The van der Waals surface area contributed by atoms with E-state index in [0.717, 1.165) is 5.56 Å². The van der Waals surface area contributed by atoms with Crippen molar-refractivity contribution in [3.63, 3.8) is 0 Å². The van der Waals surface area contributed by atoms with Gasteiger partial charge in [-0.25, -0.2) is 0 Å². The molecule has 2 aromatic carbocycles. The minimum absolute atomic E-state index is 0.0179. The van der Waals surface area contributed by atoms with Gasteiger partial charge in [0.25, 0.3) is 5.91 Å². The maximum Gasteiger partial charge on any atom is 0.254 e. The first kappa shape index (κ1) is 21.1. The monoisotopic (exact) mass is 411 g/mol. The van der Waals surface area contributed by atoms with Crippen LogP contribution < -0.4 is 0 Å². The molecule has 1 amide bonds. The normalized spacial score (nSPS) is 11.7. The molecule has 0 aliphatic rings. The van der Waals surface area contributed by atoms with E-state index in [1.54, 1.807) is 17.0 Å². The van der Waals surface area contributed by atoms with Crippen LogP contribution in [-0.2, 0) is 12.0 Å². The van der Waals surface area contributed by atoms with Crippen molar-refractivity contribution in [2.45, 2.75) is 52.6 Å². The van der Waals surface area contributed by atoms with Crippen LogP contribution >= 0.6 is 11.6 Å². The first-order valence-corrected chi connectivity index (χ1v) is 10.0. The van der Waals surface area contributed by atoms with Gasteiger partial charge in [-0.3, -0.25) is 4.79 Å². The number of benzene rings is 2. The van der Waals surface area contributed by atoms with E-state index in [-0.39, 0.29) is 23.9 Å². The zero-order valence-corrected chi connectivity index (χ0v) is 18.2. The first-order chi connectivity index (χ1) is 13.6. The summed E-state index contributed by atoms with van der Waals surface area (Å²) in [4.78, 5) is 14.8. The Bertz CT molecular complexity index is 971. The van der Waals surface area contributed by atoms with Gasteiger partial charge in [0.2, 0.25) is 11.8 Å². The van der Waals surface area contributed by atoms with Crippen molar-refractivity contribution in [2.24, 2.45) is 0 Å². The van der Waals surface area contributed by atoms with E-state index in [2.05, 4.69) is 31.0 Å². The fourth-order valence-corrected chi connectivity index (χ4v) is 3.07. The smallest absolute Gasteiger partial charge is 0.254 e. The van der Waals surface area contributed by atoms with Gasteiger partial charge in [-0.2, -0.15) is 0 Å². The Morgan fingerprint density at radius 2 is 1.66 bits per heavy atom. The number of carbonyl (C=O) groups excluding carboxylic acids is 1. The number of nitrogens with zero attached hydrogens (tertiary/aromatic N) is 3. The highest BCUT2D eigenvalue weighted by molar-refractivity contribution is 6.30. The highest BCUT2D eigenvalue weighted by Crippen LogP contribution is 2.24. The van der Waals surface area contributed by atoms with Crippen molar-refractivity contribution in [3.05, 3.63) is 70.6 Å². The van der Waals surface area contributed by atoms with Crippen molar-refractivity contribution < 1.29 is 9.21 Å². The Morgan fingerprint density at radius 3 is 2.21 bits per heavy atom. The molecule has 1 aromatic heterocycles. The molecule has 0 N–H and O–H groups in total. The van der Waals surface area contributed by atoms with Gasteiger partial charge in [0, 0.05) is 22.2 Å². The molecule has 3 rings (SSSR count). The van der Waals surface area contributed by atoms with Crippen molar-refractivity contribution in [1.82, 2.24) is 15.1 Å². The number of halogens is 1. The van der Waals surface area contributed by atoms with E-state index < -0.39 is 0 Å². The Balaban J connectivity index is 1.78. The molecule has 0 aliphatic carbocycles. The molecule has 152 valence electrons. The van der Waals surface area contributed by atoms with Gasteiger partial charge in [-0.1, -0.05) is 44.5 Å². The predicted molar refractivity (Wildman–Crippen MR) is 115 cm³/mol. The minimum Gasteiger partial charge on any atom is -0.419 e. The standard InChI is InChI=1S/C23H26ClN3O2/c1-15(2)27(22(28)17-6-10-18(11-7-17)23(3,4)5)14-20-25-26-21(29-20)16-8-12-19(24)13-9-16/h6-13,15H,14H2,1-5H3. The van der Waals surface area contributed by atoms with Gasteiger partial charge in [0.15, 0.2) is 0 Å². The molecule has 0 spiro atoms. The van der Waals surface area contributed by atoms with Crippen LogP contribution in [0.1, 0.15) is 56.4 Å². The Kier molecular flexibility index (Phi) is 6.08. The van der Waals surface area contributed by atoms with Crippen LogP contribution in [0.25, 0.3) is 11.5 Å². The van der Waals surface area contributed by atoms with Gasteiger partial charge in [-0.15, -0.1) is 10.2 Å². The van der Waals surface area contributed by atoms with Gasteiger partial charge in [0.1, 0.15) is 0 Å². The topological polar surface area (TPSA) is 59.2 Å². The summed E-state index contributed by atoms with van der Waals surface area (Å²) in [6.45, 7) is 10.6. The molecular formula is C23H26ClN3O2. The van der Waals surface area contributed by atoms with Crippen LogP contribution in [0.4, 0.5) is 0 Å². The molecule has 0 fully saturated rings. The second-order valence-corrected chi connectivity index (χ2v) is 8.80. The Labute approximate surface area is 176 Å². The van der Waals surface area contributed by atoms with Gasteiger partial charge in [0.05, 0.1) is 6.54 Å². The quantitative estimate of drug-likeness (QED) is 0.537. The summed E-state index contributed by atoms with van der Waals surface area (Å²) in [5.74, 6) is 0.734. The summed E-state index contributed by atoms with van der Waals surface area (Å²) in [7, 11) is 0. The van der Waals surface area contributed by atoms with Crippen LogP contribution in [0.2, 0.25) is 5.02 Å². The zero-order valence-electron chi connectivity index (χ0n) is 17.4. The molecule has 0 saturated heterocycles. The van der Waals surface area contributed by atoms with E-state index in [1.807, 2.05) is 50.2 Å². The minimum atomic E-state index is -0.0632. The van der Waals surface area contributed by atoms with Crippen LogP contribution in [0.5, 0.6) is 0 Å². The highest BCUT2D eigenvalue weighted by atomic mass is 35.5. The largest absolute Gasteiger partial charge is 0.419 e. The van der Waals surface area contributed by atoms with Crippen molar-refractivity contribution in [1.29, 1.82) is 0 Å². The molecule has 3 aromatic rings. The lowest BCUT2D eigenvalue weighted by Gasteiger charge is -2.26. The van der Waals surface area contributed by atoms with Crippen molar-refractivity contribution in [3.8, 4) is 11.5 Å². The van der Waals surface area contributed by atoms with E-state index in [9.17, 15) is 4.79 Å². The van der Waals surface area contributed by atoms with E-state index >= 15 is 0 Å². The van der Waals surface area contributed by atoms with Crippen LogP contribution in [0.3, 0.4) is 0 Å². The average Bonchev–Trinajstić information content (AvgIpc) is 3.14. The second-order valence-electron chi connectivity index (χ2n) is 8.36. The third kappa shape index (κ3) is 5.04. The summed E-state index contributed by atoms with van der Waals surface area (Å²) in [5, 5.41) is 8.86. The molecule has 0 bridgehead atoms. The summed E-state index contributed by atoms with van der Waals surface area (Å²) in [6, 6.07) is 14.9. The van der Waals surface area contributed by atoms with Crippen LogP contribution in [-0.4, -0.2) is 27.0 Å². The Morgan fingerprint density at radius 1 is 1.03 bits per heavy atom. The van der Waals surface area contributed by atoms with Crippen LogP contribution in [0, 0.1) is 0 Å². The number of rotatable bonds is 5. The van der Waals surface area contributed by atoms with Gasteiger partial charge >= 0.3 is 0 Å². The predicted octanol–water partition coefficient (Wildman–Crippen LogP) is 5.74. The summed E-state index contributed by atoms with van der Waals surface area (Å²) in [5.41, 5.74) is 2.66. The number of hydrogen-bond acceptors (Lipinski definition) is 4. The molecule has 0 radical (unpaired) electrons. The van der Waals surface area contributed by atoms with Crippen molar-refractivity contribution in [2.75, 3.05) is 0 Å². The summed E-state index contributed by atoms with van der Waals surface area (Å²) >= 11 is 5.92. The maximum atomic E-state index is 13.1. The molecule has 29 heavy (non-hydrogen) atoms. The number of hydrogen-bond donors (Lipinski definition) is 0. The fraction of sp³-hybridized carbons (Fsp3) is 0.348. The van der Waals surface area contributed by atoms with E-state index in [4.69, 9.17) is 16.0 Å². The molecular weight excluding hydrogens is 386 g/mol. The fourth-order valence-electron chi connectivity index (χ4n) is 2.94. The summed E-state index contributed by atoms with van der Waals surface area (Å²) in [6.07, 6.45) is 0. The molecule has 0 atom stereocenters. The Hall–Kier alpha value is -2.66. The highest BCUT2D eigenvalue weighted by Gasteiger charge is 2.23. The van der Waals surface area contributed by atoms with Gasteiger partial charge in [-0.05, 0) is 61.2 Å². The average molecular weight is 412 g/mol. The van der Waals surface area contributed by atoms with E-state index in [0.29, 0.717) is 22.4 Å². The zero-order chi connectivity index (χ0) is 21.2. The third-order valence-corrected chi connectivity index (χ3v) is 5.00. The van der Waals surface area contributed by atoms with Crippen LogP contribution in [0.15, 0.2) is 52.9 Å². The molecule has 0 unspecified atom stereocenters. The maximum absolute atomic E-state index is 13.1. The number of aromatic nitrogens is 2. The second kappa shape index (κ2) is 8.37. The van der Waals surface area contributed by atoms with Gasteiger partial charge < -0.3 is 9.32 Å². The van der Waals surface area contributed by atoms with Crippen molar-refractivity contribution >= 4 is 17.5 Å². The lowest BCUT2D eigenvalue weighted by atomic mass is 9.86. The molecule has 0 aliphatic heterocycles. The lowest BCUT2D eigenvalue weighted by Crippen LogP contribution is -2.36. The summed E-state index contributed by atoms with van der Waals surface area (Å²) < 4.78 is 5.78. The number of carbonyl (C=O) groups is 1. The molecule has 6 heteroatoms. The van der Waals surface area contributed by atoms with E-state index in [1.165, 1.54) is 5.56 Å². The number of amides is 1.